The molecule has 1 N–H and O–H groups in total. The number of hydrogen-bond donors (Lipinski definition) is 1. The molecule has 2 atom stereocenters. The topological polar surface area (TPSA) is 15.3 Å². The van der Waals surface area contributed by atoms with Gasteiger partial charge >= 0.3 is 0 Å². The van der Waals surface area contributed by atoms with Crippen molar-refractivity contribution < 1.29 is 0 Å². The summed E-state index contributed by atoms with van der Waals surface area (Å²) in [5, 5.41) is 3.46. The summed E-state index contributed by atoms with van der Waals surface area (Å²) < 4.78 is 0. The third kappa shape index (κ3) is 2.37. The van der Waals surface area contributed by atoms with Gasteiger partial charge in [-0.25, -0.2) is 0 Å². The van der Waals surface area contributed by atoms with E-state index in [0.717, 1.165) is 19.0 Å². The fourth-order valence-corrected chi connectivity index (χ4v) is 4.06. The van der Waals surface area contributed by atoms with Gasteiger partial charge < -0.3 is 5.32 Å². The van der Waals surface area contributed by atoms with Crippen LogP contribution in [0.25, 0.3) is 0 Å². The fourth-order valence-electron chi connectivity index (χ4n) is 2.82. The monoisotopic (exact) mass is 248 g/mol. The molecule has 1 aromatic rings. The lowest BCUT2D eigenvalue weighted by Crippen LogP contribution is -2.50. The second kappa shape index (κ2) is 5.01. The largest absolute Gasteiger partial charge is 0.314 e. The molecule has 0 amide bonds. The van der Waals surface area contributed by atoms with Crippen LogP contribution in [0, 0.1) is 0 Å². The van der Waals surface area contributed by atoms with Crippen molar-refractivity contribution in [2.45, 2.75) is 23.8 Å². The van der Waals surface area contributed by atoms with Crippen LogP contribution in [0.2, 0.25) is 0 Å². The first-order chi connectivity index (χ1) is 8.34. The summed E-state index contributed by atoms with van der Waals surface area (Å²) in [7, 11) is 0. The highest BCUT2D eigenvalue weighted by Crippen LogP contribution is 2.39. The van der Waals surface area contributed by atoms with Crippen molar-refractivity contribution in [2.75, 3.05) is 31.9 Å². The summed E-state index contributed by atoms with van der Waals surface area (Å²) in [5.41, 5.74) is 1.57. The van der Waals surface area contributed by atoms with Crippen LogP contribution in [0.5, 0.6) is 0 Å². The van der Waals surface area contributed by atoms with Crippen LogP contribution in [0.1, 0.15) is 18.4 Å². The van der Waals surface area contributed by atoms with Crippen LogP contribution in [-0.4, -0.2) is 42.9 Å². The molecule has 92 valence electrons. The molecular formula is C14H20N2S. The van der Waals surface area contributed by atoms with E-state index in [1.165, 1.54) is 23.7 Å². The standard InChI is InChI=1S/C14H20N2S/c1-11-8-15-6-7-16(11)9-12-10-17-14-5-3-2-4-13(12)14/h2-5,11-12,15H,6-10H2,1H3/t11-,12?/m0/s1. The van der Waals surface area contributed by atoms with E-state index in [0.29, 0.717) is 6.04 Å². The van der Waals surface area contributed by atoms with Crippen LogP contribution in [0.3, 0.4) is 0 Å². The molecule has 17 heavy (non-hydrogen) atoms. The molecule has 1 unspecified atom stereocenters. The van der Waals surface area contributed by atoms with Crippen LogP contribution in [0.15, 0.2) is 29.2 Å². The predicted octanol–water partition coefficient (Wildman–Crippen LogP) is 2.17. The van der Waals surface area contributed by atoms with Crippen molar-refractivity contribution in [3.05, 3.63) is 29.8 Å². The molecule has 1 aromatic carbocycles. The van der Waals surface area contributed by atoms with Gasteiger partial charge in [-0.3, -0.25) is 4.90 Å². The third-order valence-electron chi connectivity index (χ3n) is 3.89. The SMILES string of the molecule is C[C@H]1CNCCN1CC1CSc2ccccc21. The van der Waals surface area contributed by atoms with Crippen molar-refractivity contribution in [3.8, 4) is 0 Å². The number of fused-ring (bicyclic) bond motifs is 1. The fraction of sp³-hybridized carbons (Fsp3) is 0.571. The van der Waals surface area contributed by atoms with Crippen molar-refractivity contribution >= 4 is 11.8 Å². The van der Waals surface area contributed by atoms with E-state index in [4.69, 9.17) is 0 Å². The number of piperazine rings is 1. The Morgan fingerprint density at radius 1 is 1.41 bits per heavy atom. The number of nitrogens with one attached hydrogen (secondary N) is 1. The zero-order chi connectivity index (χ0) is 11.7. The molecule has 0 aromatic heterocycles. The van der Waals surface area contributed by atoms with Crippen molar-refractivity contribution in [1.82, 2.24) is 10.2 Å². The molecule has 0 bridgehead atoms. The minimum absolute atomic E-state index is 0.682. The Morgan fingerprint density at radius 2 is 2.29 bits per heavy atom. The molecule has 0 saturated carbocycles. The molecule has 2 heterocycles. The Labute approximate surface area is 108 Å². The van der Waals surface area contributed by atoms with E-state index < -0.39 is 0 Å². The van der Waals surface area contributed by atoms with Gasteiger partial charge in [-0.2, -0.15) is 0 Å². The minimum atomic E-state index is 0.682. The Morgan fingerprint density at radius 3 is 3.18 bits per heavy atom. The highest BCUT2D eigenvalue weighted by molar-refractivity contribution is 7.99. The summed E-state index contributed by atoms with van der Waals surface area (Å²) in [5.74, 6) is 1.99. The molecule has 1 fully saturated rings. The molecule has 0 radical (unpaired) electrons. The molecule has 2 nitrogen and oxygen atoms in total. The van der Waals surface area contributed by atoms with Crippen molar-refractivity contribution in [3.63, 3.8) is 0 Å². The molecule has 2 aliphatic rings. The zero-order valence-corrected chi connectivity index (χ0v) is 11.2. The first-order valence-electron chi connectivity index (χ1n) is 6.51. The normalized spacial score (nSPS) is 29.2. The minimum Gasteiger partial charge on any atom is -0.314 e. The molecule has 0 aliphatic carbocycles. The lowest BCUT2D eigenvalue weighted by molar-refractivity contribution is 0.167. The number of benzene rings is 1. The van der Waals surface area contributed by atoms with Gasteiger partial charge in [-0.1, -0.05) is 18.2 Å². The third-order valence-corrected chi connectivity index (χ3v) is 5.14. The van der Waals surface area contributed by atoms with E-state index in [2.05, 4.69) is 41.4 Å². The van der Waals surface area contributed by atoms with Crippen molar-refractivity contribution in [2.24, 2.45) is 0 Å². The molecule has 0 spiro atoms. The maximum atomic E-state index is 3.46. The van der Waals surface area contributed by atoms with Gasteiger partial charge in [-0.05, 0) is 18.6 Å². The summed E-state index contributed by atoms with van der Waals surface area (Å²) in [6.07, 6.45) is 0. The molecule has 1 saturated heterocycles. The number of nitrogens with zero attached hydrogens (tertiary/aromatic N) is 1. The molecular weight excluding hydrogens is 228 g/mol. The van der Waals surface area contributed by atoms with Gasteiger partial charge in [0.15, 0.2) is 0 Å². The lowest BCUT2D eigenvalue weighted by atomic mass is 10.00. The number of hydrogen-bond acceptors (Lipinski definition) is 3. The van der Waals surface area contributed by atoms with E-state index in [1.54, 1.807) is 5.56 Å². The van der Waals surface area contributed by atoms with E-state index >= 15 is 0 Å². The van der Waals surface area contributed by atoms with Gasteiger partial charge in [0.05, 0.1) is 0 Å². The van der Waals surface area contributed by atoms with E-state index in [9.17, 15) is 0 Å². The first kappa shape index (κ1) is 11.6. The molecule has 2 aliphatic heterocycles. The van der Waals surface area contributed by atoms with Gasteiger partial charge in [0.25, 0.3) is 0 Å². The summed E-state index contributed by atoms with van der Waals surface area (Å²) in [4.78, 5) is 4.14. The van der Waals surface area contributed by atoms with E-state index in [1.807, 2.05) is 11.8 Å². The smallest absolute Gasteiger partial charge is 0.0193 e. The Kier molecular flexibility index (Phi) is 3.41. The second-order valence-electron chi connectivity index (χ2n) is 5.09. The Balaban J connectivity index is 1.70. The van der Waals surface area contributed by atoms with Crippen LogP contribution in [0.4, 0.5) is 0 Å². The lowest BCUT2D eigenvalue weighted by Gasteiger charge is -2.35. The average molecular weight is 248 g/mol. The molecule has 3 rings (SSSR count). The maximum Gasteiger partial charge on any atom is 0.0193 e. The van der Waals surface area contributed by atoms with Gasteiger partial charge in [0.2, 0.25) is 0 Å². The highest BCUT2D eigenvalue weighted by atomic mass is 32.2. The van der Waals surface area contributed by atoms with E-state index in [-0.39, 0.29) is 0 Å². The van der Waals surface area contributed by atoms with Gasteiger partial charge in [-0.15, -0.1) is 11.8 Å². The van der Waals surface area contributed by atoms with Crippen LogP contribution in [-0.2, 0) is 0 Å². The maximum absolute atomic E-state index is 3.46. The average Bonchev–Trinajstić information content (AvgIpc) is 2.76. The number of rotatable bonds is 2. The predicted molar refractivity (Wildman–Crippen MR) is 73.8 cm³/mol. The summed E-state index contributed by atoms with van der Waals surface area (Å²) in [6.45, 7) is 7.05. The van der Waals surface area contributed by atoms with Crippen LogP contribution < -0.4 is 5.32 Å². The zero-order valence-electron chi connectivity index (χ0n) is 10.4. The van der Waals surface area contributed by atoms with Crippen molar-refractivity contribution in [1.29, 1.82) is 0 Å². The van der Waals surface area contributed by atoms with Gasteiger partial charge in [0, 0.05) is 48.8 Å². The molecule has 3 heteroatoms. The van der Waals surface area contributed by atoms with Crippen LogP contribution >= 0.6 is 11.8 Å². The van der Waals surface area contributed by atoms with Gasteiger partial charge in [0.1, 0.15) is 0 Å². The highest BCUT2D eigenvalue weighted by Gasteiger charge is 2.27. The quantitative estimate of drug-likeness (QED) is 0.863. The summed E-state index contributed by atoms with van der Waals surface area (Å²) in [6, 6.07) is 9.59. The summed E-state index contributed by atoms with van der Waals surface area (Å²) >= 11 is 2.02. The Bertz CT molecular complexity index is 394. The number of thioether (sulfide) groups is 1. The second-order valence-corrected chi connectivity index (χ2v) is 6.16. The first-order valence-corrected chi connectivity index (χ1v) is 7.49. The Hall–Kier alpha value is -0.510.